The van der Waals surface area contributed by atoms with Gasteiger partial charge in [-0.25, -0.2) is 0 Å². The van der Waals surface area contributed by atoms with Gasteiger partial charge in [0, 0.05) is 12.8 Å². The van der Waals surface area contributed by atoms with Crippen molar-refractivity contribution in [2.24, 2.45) is 34.5 Å². The molecule has 0 spiro atoms. The molecule has 2 N–H and O–H groups in total. The van der Waals surface area contributed by atoms with E-state index in [1.165, 1.54) is 5.57 Å². The van der Waals surface area contributed by atoms with Gasteiger partial charge in [0.1, 0.15) is 0 Å². The van der Waals surface area contributed by atoms with E-state index in [1.807, 2.05) is 6.08 Å². The van der Waals surface area contributed by atoms with E-state index in [-0.39, 0.29) is 35.1 Å². The molecule has 0 heterocycles. The van der Waals surface area contributed by atoms with Crippen molar-refractivity contribution in [1.82, 2.24) is 0 Å². The van der Waals surface area contributed by atoms with Gasteiger partial charge in [0.15, 0.2) is 5.78 Å². The number of allylic oxidation sites excluding steroid dienone is 1. The molecule has 7 atom stereocenters. The first-order valence-electron chi connectivity index (χ1n) is 9.89. The number of carboxylic acids is 1. The zero-order valence-electron chi connectivity index (χ0n) is 15.3. The van der Waals surface area contributed by atoms with Crippen molar-refractivity contribution < 1.29 is 19.8 Å². The van der Waals surface area contributed by atoms with Gasteiger partial charge in [-0.2, -0.15) is 0 Å². The maximum absolute atomic E-state index is 11.9. The summed E-state index contributed by atoms with van der Waals surface area (Å²) < 4.78 is 0. The van der Waals surface area contributed by atoms with Crippen molar-refractivity contribution in [1.29, 1.82) is 0 Å². The van der Waals surface area contributed by atoms with Crippen LogP contribution < -0.4 is 0 Å². The molecule has 25 heavy (non-hydrogen) atoms. The molecule has 0 saturated heterocycles. The SMILES string of the molecule is C[C@]12CCC(=O)C=C1CC[C@H]1C3[C@@H](CC(=O)O)C[C@H](O)[C@@]3(C)CC[C@@H]12. The Labute approximate surface area is 149 Å². The van der Waals surface area contributed by atoms with Gasteiger partial charge >= 0.3 is 5.97 Å². The van der Waals surface area contributed by atoms with Gasteiger partial charge in [0.05, 0.1) is 6.10 Å². The molecule has 1 unspecified atom stereocenters. The Bertz CT molecular complexity index is 638. The predicted octanol–water partition coefficient (Wildman–Crippen LogP) is 3.58. The van der Waals surface area contributed by atoms with Crippen LogP contribution in [0.2, 0.25) is 0 Å². The van der Waals surface area contributed by atoms with Gasteiger partial charge in [-0.1, -0.05) is 19.4 Å². The fraction of sp³-hybridized carbons (Fsp3) is 0.810. The fourth-order valence-corrected chi connectivity index (χ4v) is 7.25. The molecule has 4 heteroatoms. The maximum Gasteiger partial charge on any atom is 0.303 e. The summed E-state index contributed by atoms with van der Waals surface area (Å²) in [6, 6.07) is 0. The number of carboxylic acid groups (broad SMARTS) is 1. The Balaban J connectivity index is 1.69. The lowest BCUT2D eigenvalue weighted by atomic mass is 9.46. The van der Waals surface area contributed by atoms with Gasteiger partial charge < -0.3 is 10.2 Å². The van der Waals surface area contributed by atoms with E-state index in [2.05, 4.69) is 13.8 Å². The first-order chi connectivity index (χ1) is 11.8. The van der Waals surface area contributed by atoms with Crippen LogP contribution in [0.25, 0.3) is 0 Å². The van der Waals surface area contributed by atoms with Crippen molar-refractivity contribution in [3.05, 3.63) is 11.6 Å². The molecular formula is C21H30O4. The highest BCUT2D eigenvalue weighted by Crippen LogP contribution is 2.66. The molecule has 0 aliphatic heterocycles. The smallest absolute Gasteiger partial charge is 0.303 e. The number of fused-ring (bicyclic) bond motifs is 5. The lowest BCUT2D eigenvalue weighted by Gasteiger charge is -2.58. The second-order valence-electron chi connectivity index (χ2n) is 9.54. The maximum atomic E-state index is 11.9. The van der Waals surface area contributed by atoms with E-state index in [0.717, 1.165) is 32.1 Å². The number of hydrogen-bond donors (Lipinski definition) is 2. The van der Waals surface area contributed by atoms with Crippen LogP contribution in [0, 0.1) is 34.5 Å². The van der Waals surface area contributed by atoms with Gasteiger partial charge in [0.25, 0.3) is 0 Å². The van der Waals surface area contributed by atoms with E-state index in [0.29, 0.717) is 30.6 Å². The Morgan fingerprint density at radius 1 is 1.24 bits per heavy atom. The number of ketones is 1. The van der Waals surface area contributed by atoms with Crippen LogP contribution in [-0.4, -0.2) is 28.1 Å². The summed E-state index contributed by atoms with van der Waals surface area (Å²) in [5.41, 5.74) is 1.30. The second-order valence-corrected chi connectivity index (χ2v) is 9.54. The summed E-state index contributed by atoms with van der Waals surface area (Å²) in [6.45, 7) is 4.53. The normalized spacial score (nSPS) is 49.0. The van der Waals surface area contributed by atoms with E-state index in [4.69, 9.17) is 0 Å². The van der Waals surface area contributed by atoms with Crippen molar-refractivity contribution in [3.63, 3.8) is 0 Å². The number of carbonyl (C=O) groups excluding carboxylic acids is 1. The molecular weight excluding hydrogens is 316 g/mol. The molecule has 138 valence electrons. The zero-order chi connectivity index (χ0) is 18.0. The standard InChI is InChI=1S/C21H30O4/c1-20-7-5-14(22)11-13(20)3-4-15-16(20)6-8-21(2)17(23)9-12(19(15)21)10-18(24)25/h11-12,15-17,19,23H,3-10H2,1-2H3,(H,24,25)/t12-,15-,16+,17+,19?,20+,21-/m1/s1. The van der Waals surface area contributed by atoms with Gasteiger partial charge in [-0.3, -0.25) is 9.59 Å². The third-order valence-electron chi connectivity index (χ3n) is 8.49. The van der Waals surface area contributed by atoms with Crippen molar-refractivity contribution in [3.8, 4) is 0 Å². The number of carbonyl (C=O) groups is 2. The third-order valence-corrected chi connectivity index (χ3v) is 8.49. The first kappa shape index (κ1) is 17.3. The molecule has 0 aromatic rings. The average molecular weight is 346 g/mol. The number of aliphatic carboxylic acids is 1. The van der Waals surface area contributed by atoms with E-state index in [1.54, 1.807) is 0 Å². The van der Waals surface area contributed by atoms with Crippen molar-refractivity contribution in [2.45, 2.75) is 71.3 Å². The summed E-state index contributed by atoms with van der Waals surface area (Å²) >= 11 is 0. The highest BCUT2D eigenvalue weighted by atomic mass is 16.4. The topological polar surface area (TPSA) is 74.6 Å². The molecule has 4 aliphatic carbocycles. The van der Waals surface area contributed by atoms with Crippen LogP contribution in [0.3, 0.4) is 0 Å². The molecule has 0 aromatic carbocycles. The Morgan fingerprint density at radius 3 is 2.72 bits per heavy atom. The summed E-state index contributed by atoms with van der Waals surface area (Å²) in [6.07, 6.45) is 8.01. The lowest BCUT2D eigenvalue weighted by molar-refractivity contribution is -0.140. The lowest BCUT2D eigenvalue weighted by Crippen LogP contribution is -2.52. The molecule has 4 nitrogen and oxygen atoms in total. The average Bonchev–Trinajstić information content (AvgIpc) is 2.78. The Hall–Kier alpha value is -1.16. The largest absolute Gasteiger partial charge is 0.481 e. The molecule has 4 aliphatic rings. The minimum atomic E-state index is -0.741. The Morgan fingerprint density at radius 2 is 2.00 bits per heavy atom. The van der Waals surface area contributed by atoms with Crippen LogP contribution in [0.5, 0.6) is 0 Å². The highest BCUT2D eigenvalue weighted by molar-refractivity contribution is 5.91. The molecule has 0 aromatic heterocycles. The van der Waals surface area contributed by atoms with E-state index < -0.39 is 5.97 Å². The quantitative estimate of drug-likeness (QED) is 0.801. The third kappa shape index (κ3) is 2.43. The predicted molar refractivity (Wildman–Crippen MR) is 93.8 cm³/mol. The zero-order valence-corrected chi connectivity index (χ0v) is 15.3. The summed E-state index contributed by atoms with van der Waals surface area (Å²) in [5, 5.41) is 20.1. The van der Waals surface area contributed by atoms with E-state index >= 15 is 0 Å². The monoisotopic (exact) mass is 346 g/mol. The summed E-state index contributed by atoms with van der Waals surface area (Å²) in [5.74, 6) is 0.926. The molecule has 3 fully saturated rings. The van der Waals surface area contributed by atoms with Crippen LogP contribution in [0.4, 0.5) is 0 Å². The number of aliphatic hydroxyl groups excluding tert-OH is 1. The number of hydrogen-bond acceptors (Lipinski definition) is 3. The van der Waals surface area contributed by atoms with Crippen LogP contribution in [-0.2, 0) is 9.59 Å². The van der Waals surface area contributed by atoms with Crippen LogP contribution in [0.1, 0.15) is 65.2 Å². The van der Waals surface area contributed by atoms with Crippen molar-refractivity contribution in [2.75, 3.05) is 0 Å². The highest BCUT2D eigenvalue weighted by Gasteiger charge is 2.61. The molecule has 3 saturated carbocycles. The second kappa shape index (κ2) is 5.67. The van der Waals surface area contributed by atoms with Gasteiger partial charge in [0.2, 0.25) is 0 Å². The van der Waals surface area contributed by atoms with Crippen LogP contribution >= 0.6 is 0 Å². The molecule has 0 bridgehead atoms. The minimum Gasteiger partial charge on any atom is -0.481 e. The molecule has 0 radical (unpaired) electrons. The van der Waals surface area contributed by atoms with Gasteiger partial charge in [-0.15, -0.1) is 0 Å². The number of aliphatic hydroxyl groups is 1. The minimum absolute atomic E-state index is 0.0876. The molecule has 4 rings (SSSR count). The first-order valence-corrected chi connectivity index (χ1v) is 9.89. The summed E-state index contributed by atoms with van der Waals surface area (Å²) in [4.78, 5) is 23.3. The summed E-state index contributed by atoms with van der Waals surface area (Å²) in [7, 11) is 0. The number of rotatable bonds is 2. The van der Waals surface area contributed by atoms with E-state index in [9.17, 15) is 19.8 Å². The Kier molecular flexibility index (Phi) is 3.91. The molecule has 0 amide bonds. The van der Waals surface area contributed by atoms with Gasteiger partial charge in [-0.05, 0) is 79.1 Å². The fourth-order valence-electron chi connectivity index (χ4n) is 7.25. The van der Waals surface area contributed by atoms with Crippen molar-refractivity contribution >= 4 is 11.8 Å². The van der Waals surface area contributed by atoms with Crippen LogP contribution in [0.15, 0.2) is 11.6 Å².